The number of allylic oxidation sites excluding steroid dienone is 1. The van der Waals surface area contributed by atoms with Gasteiger partial charge in [-0.2, -0.15) is 0 Å². The summed E-state index contributed by atoms with van der Waals surface area (Å²) in [5, 5.41) is 1.09. The van der Waals surface area contributed by atoms with Crippen LogP contribution in [0.2, 0.25) is 19.6 Å². The van der Waals surface area contributed by atoms with E-state index in [1.54, 1.807) is 0 Å². The van der Waals surface area contributed by atoms with Crippen LogP contribution in [0.15, 0.2) is 11.8 Å². The molecule has 0 aromatic heterocycles. The van der Waals surface area contributed by atoms with Crippen LogP contribution in [0.1, 0.15) is 6.42 Å². The van der Waals surface area contributed by atoms with Crippen molar-refractivity contribution in [2.24, 2.45) is 0 Å². The van der Waals surface area contributed by atoms with Crippen LogP contribution in [0.3, 0.4) is 0 Å². The quantitative estimate of drug-likeness (QED) is 0.492. The van der Waals surface area contributed by atoms with E-state index in [9.17, 15) is 0 Å². The van der Waals surface area contributed by atoms with Crippen molar-refractivity contribution < 1.29 is 0 Å². The van der Waals surface area contributed by atoms with E-state index < -0.39 is 8.07 Å². The van der Waals surface area contributed by atoms with Crippen LogP contribution in [0.25, 0.3) is 0 Å². The molecule has 0 saturated heterocycles. The zero-order valence-corrected chi connectivity index (χ0v) is 9.03. The second-order valence-electron chi connectivity index (χ2n) is 3.25. The van der Waals surface area contributed by atoms with Gasteiger partial charge < -0.3 is 0 Å². The number of hydrogen-bond donors (Lipinski definition) is 0. The first-order valence-electron chi connectivity index (χ1n) is 3.30. The molecule has 0 amide bonds. The molecule has 54 valence electrons. The Bertz CT molecular complexity index is 91.6. The lowest BCUT2D eigenvalue weighted by atomic mass is 10.5. The third-order valence-electron chi connectivity index (χ3n) is 0.894. The molecule has 2 heteroatoms. The monoisotopic (exact) mass is 206 g/mol. The van der Waals surface area contributed by atoms with Crippen LogP contribution < -0.4 is 0 Å². The standard InChI is InChI=1S/C7H15BrSi/c1-9(2,3)7-5-4-6-8/h5,7H,4,6H2,1-3H3/b7-5-. The van der Waals surface area contributed by atoms with Gasteiger partial charge in [0.2, 0.25) is 0 Å². The van der Waals surface area contributed by atoms with Gasteiger partial charge in [0.15, 0.2) is 0 Å². The average Bonchev–Trinajstić information content (AvgIpc) is 1.63. The number of alkyl halides is 1. The van der Waals surface area contributed by atoms with Gasteiger partial charge in [-0.05, 0) is 6.42 Å². The fourth-order valence-corrected chi connectivity index (χ4v) is 1.64. The van der Waals surface area contributed by atoms with E-state index in [0.29, 0.717) is 0 Å². The summed E-state index contributed by atoms with van der Waals surface area (Å²) in [6, 6.07) is 0. The largest absolute Gasteiger partial charge is 0.0989 e. The number of hydrogen-bond acceptors (Lipinski definition) is 0. The zero-order valence-electron chi connectivity index (χ0n) is 6.45. The van der Waals surface area contributed by atoms with Crippen LogP contribution >= 0.6 is 15.9 Å². The fraction of sp³-hybridized carbons (Fsp3) is 0.714. The lowest BCUT2D eigenvalue weighted by Gasteiger charge is -2.07. The SMILES string of the molecule is C[Si](C)(C)/C=C\CCBr. The molecule has 0 radical (unpaired) electrons. The smallest absolute Gasteiger partial charge is 0.0682 e. The molecule has 0 aromatic carbocycles. The first-order valence-corrected chi connectivity index (χ1v) is 8.00. The molecule has 0 aliphatic carbocycles. The van der Waals surface area contributed by atoms with Gasteiger partial charge in [0.25, 0.3) is 0 Å². The van der Waals surface area contributed by atoms with Gasteiger partial charge in [-0.3, -0.25) is 0 Å². The molecule has 0 N–H and O–H groups in total. The summed E-state index contributed by atoms with van der Waals surface area (Å²) >= 11 is 3.38. The molecular formula is C7H15BrSi. The zero-order chi connectivity index (χ0) is 7.33. The highest BCUT2D eigenvalue weighted by Crippen LogP contribution is 2.02. The first kappa shape index (κ1) is 9.44. The van der Waals surface area contributed by atoms with Gasteiger partial charge in [0.05, 0.1) is 8.07 Å². The van der Waals surface area contributed by atoms with E-state index in [0.717, 1.165) is 5.33 Å². The maximum Gasteiger partial charge on any atom is 0.0682 e. The van der Waals surface area contributed by atoms with Gasteiger partial charge in [-0.25, -0.2) is 0 Å². The van der Waals surface area contributed by atoms with E-state index in [-0.39, 0.29) is 0 Å². The Morgan fingerprint density at radius 2 is 1.89 bits per heavy atom. The fourth-order valence-electron chi connectivity index (χ4n) is 0.500. The maximum atomic E-state index is 3.38. The van der Waals surface area contributed by atoms with Crippen LogP contribution in [0, 0.1) is 0 Å². The van der Waals surface area contributed by atoms with Crippen molar-refractivity contribution >= 4 is 24.0 Å². The Hall–Kier alpha value is 0.437. The molecule has 0 aliphatic rings. The summed E-state index contributed by atoms with van der Waals surface area (Å²) in [6.45, 7) is 7.03. The molecule has 0 aliphatic heterocycles. The predicted molar refractivity (Wildman–Crippen MR) is 50.9 cm³/mol. The molecule has 0 rings (SSSR count). The second kappa shape index (κ2) is 4.28. The molecule has 0 heterocycles. The predicted octanol–water partition coefficient (Wildman–Crippen LogP) is 3.21. The summed E-state index contributed by atoms with van der Waals surface area (Å²) in [6.07, 6.45) is 3.45. The van der Waals surface area contributed by atoms with E-state index in [1.807, 2.05) is 0 Å². The van der Waals surface area contributed by atoms with Crippen molar-refractivity contribution in [1.29, 1.82) is 0 Å². The summed E-state index contributed by atoms with van der Waals surface area (Å²) < 4.78 is 0. The maximum absolute atomic E-state index is 3.38. The van der Waals surface area contributed by atoms with Crippen molar-refractivity contribution in [3.8, 4) is 0 Å². The van der Waals surface area contributed by atoms with Crippen molar-refractivity contribution in [3.05, 3.63) is 11.8 Å². The van der Waals surface area contributed by atoms with Gasteiger partial charge in [-0.1, -0.05) is 47.3 Å². The lowest BCUT2D eigenvalue weighted by molar-refractivity contribution is 1.26. The Morgan fingerprint density at radius 1 is 1.33 bits per heavy atom. The minimum absolute atomic E-state index is 0.896. The third kappa shape index (κ3) is 8.44. The highest BCUT2D eigenvalue weighted by Gasteiger charge is 2.05. The van der Waals surface area contributed by atoms with Gasteiger partial charge in [-0.15, -0.1) is 0 Å². The van der Waals surface area contributed by atoms with E-state index in [4.69, 9.17) is 0 Å². The van der Waals surface area contributed by atoms with Crippen LogP contribution in [-0.4, -0.2) is 13.4 Å². The van der Waals surface area contributed by atoms with Gasteiger partial charge in [0.1, 0.15) is 0 Å². The summed E-state index contributed by atoms with van der Waals surface area (Å²) in [7, 11) is -0.896. The highest BCUT2D eigenvalue weighted by molar-refractivity contribution is 9.09. The molecule has 9 heavy (non-hydrogen) atoms. The van der Waals surface area contributed by atoms with Crippen LogP contribution in [-0.2, 0) is 0 Å². The molecule has 0 aromatic rings. The molecule has 0 atom stereocenters. The van der Waals surface area contributed by atoms with Gasteiger partial charge in [0, 0.05) is 5.33 Å². The van der Waals surface area contributed by atoms with Crippen molar-refractivity contribution in [2.45, 2.75) is 26.1 Å². The Kier molecular flexibility index (Phi) is 4.49. The van der Waals surface area contributed by atoms with E-state index in [2.05, 4.69) is 47.3 Å². The van der Waals surface area contributed by atoms with Crippen molar-refractivity contribution in [3.63, 3.8) is 0 Å². The molecular weight excluding hydrogens is 192 g/mol. The van der Waals surface area contributed by atoms with Crippen LogP contribution in [0.5, 0.6) is 0 Å². The van der Waals surface area contributed by atoms with Gasteiger partial charge >= 0.3 is 0 Å². The number of halogens is 1. The summed E-state index contributed by atoms with van der Waals surface area (Å²) in [5.74, 6) is 0. The summed E-state index contributed by atoms with van der Waals surface area (Å²) in [4.78, 5) is 0. The molecule has 0 saturated carbocycles. The first-order chi connectivity index (χ1) is 4.06. The number of rotatable bonds is 3. The van der Waals surface area contributed by atoms with Crippen LogP contribution in [0.4, 0.5) is 0 Å². The lowest BCUT2D eigenvalue weighted by Crippen LogP contribution is -2.15. The van der Waals surface area contributed by atoms with E-state index >= 15 is 0 Å². The molecule has 0 bridgehead atoms. The second-order valence-corrected chi connectivity index (χ2v) is 9.10. The minimum Gasteiger partial charge on any atom is -0.0989 e. The normalized spacial score (nSPS) is 12.9. The van der Waals surface area contributed by atoms with E-state index in [1.165, 1.54) is 6.42 Å². The minimum atomic E-state index is -0.896. The molecule has 0 nitrogen and oxygen atoms in total. The Labute approximate surface area is 67.5 Å². The third-order valence-corrected chi connectivity index (χ3v) is 2.59. The average molecular weight is 207 g/mol. The molecule has 0 unspecified atom stereocenters. The molecule has 0 fully saturated rings. The topological polar surface area (TPSA) is 0 Å². The van der Waals surface area contributed by atoms with Crippen molar-refractivity contribution in [2.75, 3.05) is 5.33 Å². The Balaban J connectivity index is 3.45. The summed E-state index contributed by atoms with van der Waals surface area (Å²) in [5.41, 5.74) is 2.38. The van der Waals surface area contributed by atoms with Crippen molar-refractivity contribution in [1.82, 2.24) is 0 Å². The Morgan fingerprint density at radius 3 is 2.22 bits per heavy atom. The highest BCUT2D eigenvalue weighted by atomic mass is 79.9. The molecule has 0 spiro atoms.